The molecule has 0 saturated carbocycles. The fourth-order valence-corrected chi connectivity index (χ4v) is 1.89. The maximum Gasteiger partial charge on any atom is 0.341 e. The summed E-state index contributed by atoms with van der Waals surface area (Å²) in [6.07, 6.45) is 1.28. The van der Waals surface area contributed by atoms with E-state index in [9.17, 15) is 9.59 Å². The van der Waals surface area contributed by atoms with Crippen molar-refractivity contribution in [3.05, 3.63) is 41.3 Å². The number of esters is 1. The molecule has 1 aliphatic rings. The van der Waals surface area contributed by atoms with E-state index in [1.807, 2.05) is 0 Å². The van der Waals surface area contributed by atoms with Crippen molar-refractivity contribution < 1.29 is 28.5 Å². The number of hydrogen-bond donors (Lipinski definition) is 1. The summed E-state index contributed by atoms with van der Waals surface area (Å²) in [5.41, 5.74) is 1.03. The summed E-state index contributed by atoms with van der Waals surface area (Å²) in [4.78, 5) is 23.6. The molecule has 0 radical (unpaired) electrons. The Bertz CT molecular complexity index is 596. The fourth-order valence-electron chi connectivity index (χ4n) is 1.89. The van der Waals surface area contributed by atoms with Crippen LogP contribution in [0.4, 0.5) is 0 Å². The lowest BCUT2D eigenvalue weighted by molar-refractivity contribution is -0.122. The lowest BCUT2D eigenvalue weighted by Gasteiger charge is -2.15. The third kappa shape index (κ3) is 3.69. The van der Waals surface area contributed by atoms with Crippen LogP contribution in [0.3, 0.4) is 0 Å². The van der Waals surface area contributed by atoms with Gasteiger partial charge < -0.3 is 24.3 Å². The van der Waals surface area contributed by atoms with Gasteiger partial charge in [-0.05, 0) is 17.7 Å². The summed E-state index contributed by atoms with van der Waals surface area (Å²) in [7, 11) is 2.76. The summed E-state index contributed by atoms with van der Waals surface area (Å²) in [6.45, 7) is 1.000. The number of nitrogens with one attached hydrogen (secondary N) is 1. The van der Waals surface area contributed by atoms with E-state index in [1.54, 1.807) is 18.2 Å². The molecule has 0 unspecified atom stereocenters. The molecule has 1 aromatic rings. The highest BCUT2D eigenvalue weighted by atomic mass is 16.6. The number of rotatable bonds is 5. The van der Waals surface area contributed by atoms with E-state index in [4.69, 9.17) is 18.9 Å². The van der Waals surface area contributed by atoms with E-state index in [1.165, 1.54) is 20.5 Å². The van der Waals surface area contributed by atoms with Crippen LogP contribution in [0, 0.1) is 0 Å². The highest BCUT2D eigenvalue weighted by Gasteiger charge is 2.16. The number of amides is 1. The molecule has 1 heterocycles. The largest absolute Gasteiger partial charge is 0.496 e. The van der Waals surface area contributed by atoms with Crippen molar-refractivity contribution in [2.24, 2.45) is 0 Å². The van der Waals surface area contributed by atoms with Crippen molar-refractivity contribution in [2.75, 3.05) is 27.4 Å². The molecule has 0 aromatic heterocycles. The Labute approximate surface area is 127 Å². The lowest BCUT2D eigenvalue weighted by Crippen LogP contribution is -2.28. The highest BCUT2D eigenvalue weighted by molar-refractivity contribution is 5.93. The summed E-state index contributed by atoms with van der Waals surface area (Å²) in [6, 6.07) is 5.00. The van der Waals surface area contributed by atoms with E-state index in [-0.39, 0.29) is 18.2 Å². The number of benzene rings is 1. The van der Waals surface area contributed by atoms with Crippen molar-refractivity contribution in [1.82, 2.24) is 5.32 Å². The zero-order valence-corrected chi connectivity index (χ0v) is 12.4. The predicted octanol–water partition coefficient (Wildman–Crippen LogP) is 0.986. The van der Waals surface area contributed by atoms with Gasteiger partial charge in [0.05, 0.1) is 14.2 Å². The molecule has 1 aliphatic heterocycles. The van der Waals surface area contributed by atoms with Crippen LogP contribution < -0.4 is 10.1 Å². The summed E-state index contributed by atoms with van der Waals surface area (Å²) < 4.78 is 20.0. The van der Waals surface area contributed by atoms with Gasteiger partial charge in [0, 0.05) is 6.54 Å². The SMILES string of the molecule is COC(=O)c1cc(CNC(=O)C2=COCCO2)ccc1OC. The average molecular weight is 307 g/mol. The Kier molecular flexibility index (Phi) is 5.24. The first-order valence-electron chi connectivity index (χ1n) is 6.63. The van der Waals surface area contributed by atoms with Gasteiger partial charge in [-0.15, -0.1) is 0 Å². The zero-order valence-electron chi connectivity index (χ0n) is 12.4. The van der Waals surface area contributed by atoms with E-state index < -0.39 is 5.97 Å². The van der Waals surface area contributed by atoms with Gasteiger partial charge >= 0.3 is 5.97 Å². The van der Waals surface area contributed by atoms with Crippen LogP contribution in [-0.2, 0) is 25.5 Å². The van der Waals surface area contributed by atoms with Crippen LogP contribution >= 0.6 is 0 Å². The molecule has 0 fully saturated rings. The normalized spacial score (nSPS) is 13.3. The monoisotopic (exact) mass is 307 g/mol. The van der Waals surface area contributed by atoms with Gasteiger partial charge in [-0.1, -0.05) is 6.07 Å². The van der Waals surface area contributed by atoms with Crippen LogP contribution in [0.25, 0.3) is 0 Å². The van der Waals surface area contributed by atoms with Gasteiger partial charge in [-0.25, -0.2) is 4.79 Å². The first-order chi connectivity index (χ1) is 10.7. The smallest absolute Gasteiger partial charge is 0.341 e. The minimum Gasteiger partial charge on any atom is -0.496 e. The van der Waals surface area contributed by atoms with Crippen LogP contribution in [0.1, 0.15) is 15.9 Å². The molecular weight excluding hydrogens is 290 g/mol. The van der Waals surface area contributed by atoms with Crippen LogP contribution in [0.2, 0.25) is 0 Å². The maximum atomic E-state index is 11.9. The van der Waals surface area contributed by atoms with Crippen molar-refractivity contribution in [3.63, 3.8) is 0 Å². The number of carbonyl (C=O) groups is 2. The number of carbonyl (C=O) groups excluding carboxylic acids is 2. The molecule has 1 N–H and O–H groups in total. The summed E-state index contributed by atoms with van der Waals surface area (Å²) in [5.74, 6) is -0.339. The number of methoxy groups -OCH3 is 2. The molecule has 0 atom stereocenters. The molecule has 0 aliphatic carbocycles. The van der Waals surface area contributed by atoms with Gasteiger partial charge in [0.2, 0.25) is 5.76 Å². The van der Waals surface area contributed by atoms with E-state index >= 15 is 0 Å². The molecule has 2 rings (SSSR count). The van der Waals surface area contributed by atoms with E-state index in [0.717, 1.165) is 5.56 Å². The Balaban J connectivity index is 2.05. The molecule has 0 spiro atoms. The summed E-state index contributed by atoms with van der Waals surface area (Å²) in [5, 5.41) is 2.69. The van der Waals surface area contributed by atoms with Crippen LogP contribution in [0.15, 0.2) is 30.2 Å². The average Bonchev–Trinajstić information content (AvgIpc) is 2.59. The first kappa shape index (κ1) is 15.7. The third-order valence-electron chi connectivity index (χ3n) is 3.00. The van der Waals surface area contributed by atoms with Crippen molar-refractivity contribution >= 4 is 11.9 Å². The second-order valence-electron chi connectivity index (χ2n) is 4.41. The summed E-state index contributed by atoms with van der Waals surface area (Å²) >= 11 is 0. The molecule has 0 saturated heterocycles. The van der Waals surface area contributed by atoms with Crippen molar-refractivity contribution in [2.45, 2.75) is 6.54 Å². The third-order valence-corrected chi connectivity index (χ3v) is 3.00. The quantitative estimate of drug-likeness (QED) is 0.817. The zero-order chi connectivity index (χ0) is 15.9. The van der Waals surface area contributed by atoms with Gasteiger partial charge in [0.1, 0.15) is 30.8 Å². The maximum absolute atomic E-state index is 11.9. The van der Waals surface area contributed by atoms with Gasteiger partial charge in [-0.3, -0.25) is 4.79 Å². The Hall–Kier alpha value is -2.70. The Morgan fingerprint density at radius 3 is 2.73 bits per heavy atom. The minimum atomic E-state index is -0.503. The standard InChI is InChI=1S/C15H17NO6/c1-19-12-4-3-10(7-11(12)15(18)20-2)8-16-14(17)13-9-21-5-6-22-13/h3-4,7,9H,5-6,8H2,1-2H3,(H,16,17). The molecule has 0 bridgehead atoms. The van der Waals surface area contributed by atoms with E-state index in [0.29, 0.717) is 24.5 Å². The van der Waals surface area contributed by atoms with Crippen molar-refractivity contribution in [3.8, 4) is 5.75 Å². The topological polar surface area (TPSA) is 83.1 Å². The Morgan fingerprint density at radius 1 is 1.27 bits per heavy atom. The van der Waals surface area contributed by atoms with E-state index in [2.05, 4.69) is 5.32 Å². The highest BCUT2D eigenvalue weighted by Crippen LogP contribution is 2.20. The second kappa shape index (κ2) is 7.35. The van der Waals surface area contributed by atoms with Gasteiger partial charge in [0.15, 0.2) is 0 Å². The molecule has 7 heteroatoms. The molecule has 1 amide bonds. The first-order valence-corrected chi connectivity index (χ1v) is 6.63. The number of ether oxygens (including phenoxy) is 4. The predicted molar refractivity (Wildman–Crippen MR) is 76.2 cm³/mol. The Morgan fingerprint density at radius 2 is 2.09 bits per heavy atom. The van der Waals surface area contributed by atoms with Gasteiger partial charge in [0.25, 0.3) is 5.91 Å². The van der Waals surface area contributed by atoms with Crippen molar-refractivity contribution in [1.29, 1.82) is 0 Å². The molecule has 7 nitrogen and oxygen atoms in total. The van der Waals surface area contributed by atoms with Gasteiger partial charge in [-0.2, -0.15) is 0 Å². The minimum absolute atomic E-state index is 0.132. The molecular formula is C15H17NO6. The van der Waals surface area contributed by atoms with Crippen LogP contribution in [-0.4, -0.2) is 39.3 Å². The second-order valence-corrected chi connectivity index (χ2v) is 4.41. The lowest BCUT2D eigenvalue weighted by atomic mass is 10.1. The molecule has 1 aromatic carbocycles. The fraction of sp³-hybridized carbons (Fsp3) is 0.333. The molecule has 22 heavy (non-hydrogen) atoms. The molecule has 118 valence electrons. The van der Waals surface area contributed by atoms with Crippen LogP contribution in [0.5, 0.6) is 5.75 Å². The number of hydrogen-bond acceptors (Lipinski definition) is 6.